The molecule has 0 aliphatic carbocycles. The van der Waals surface area contributed by atoms with Crippen LogP contribution >= 0.6 is 0 Å². The fraction of sp³-hybridized carbons (Fsp3) is 0. The van der Waals surface area contributed by atoms with E-state index in [2.05, 4.69) is 20.5 Å². The molecule has 0 atom stereocenters. The Morgan fingerprint density at radius 3 is 1.59 bits per heavy atom. The van der Waals surface area contributed by atoms with Crippen LogP contribution in [0, 0.1) is 10.1 Å². The Kier molecular flexibility index (Phi) is 23.2. The molecule has 0 saturated heterocycles. The van der Waals surface area contributed by atoms with Crippen LogP contribution in [0.5, 0.6) is 17.2 Å². The van der Waals surface area contributed by atoms with Crippen molar-refractivity contribution in [2.75, 3.05) is 0 Å². The zero-order valence-electron chi connectivity index (χ0n) is 27.4. The number of rotatable bonds is 9. The van der Waals surface area contributed by atoms with Crippen LogP contribution in [0.2, 0.25) is 0 Å². The van der Waals surface area contributed by atoms with Crippen molar-refractivity contribution in [1.82, 2.24) is 0 Å². The molecular formula is C23H8Cr2N6Na4O16S3. The number of nitrogens with zero attached hydrogens (tertiary/aromatic N) is 5. The molecule has 0 unspecified atom stereocenters. The molecule has 4 rings (SSSR count). The zero-order chi connectivity index (χ0) is 36.1. The second-order valence-electron chi connectivity index (χ2n) is 9.03. The fourth-order valence-corrected chi connectivity index (χ4v) is 5.64. The minimum Gasteiger partial charge on any atom is -0.871 e. The SMILES string of the molecule is [Cr+2].[Cr+2].[NH-]c1ccc2c([O-])c(N=Nc3cc([N+](=O)[O-])cc(S(=O)(=O)[O-])c3[O-])c(S(=O)(=O)[O-])cc2c1N=Nc1cc(S(=O)(=O)[O-])cc(C(=O)[O-])c1[O-].[Na+].[Na+].[Na+].[Na+]. The van der Waals surface area contributed by atoms with E-state index in [1.807, 2.05) is 0 Å². The normalized spacial score (nSPS) is 11.2. The Balaban J connectivity index is -0.00000433. The Morgan fingerprint density at radius 1 is 0.630 bits per heavy atom. The average Bonchev–Trinajstić information content (AvgIpc) is 2.95. The third kappa shape index (κ3) is 12.9. The minimum atomic E-state index is -5.75. The zero-order valence-corrected chi connectivity index (χ0v) is 40.4. The van der Waals surface area contributed by atoms with Crippen molar-refractivity contribution in [2.24, 2.45) is 20.5 Å². The quantitative estimate of drug-likeness (QED) is 0.0495. The first-order valence-electron chi connectivity index (χ1n) is 11.8. The van der Waals surface area contributed by atoms with Crippen molar-refractivity contribution < 1.29 is 222 Å². The van der Waals surface area contributed by atoms with Gasteiger partial charge < -0.3 is 44.6 Å². The second kappa shape index (κ2) is 21.8. The Labute approximate surface area is 413 Å². The molecule has 0 bridgehead atoms. The number of nitro groups is 1. The monoisotopic (exact) mass is 916 g/mol. The van der Waals surface area contributed by atoms with Gasteiger partial charge in [0.1, 0.15) is 30.4 Å². The van der Waals surface area contributed by atoms with E-state index in [0.717, 1.165) is 12.1 Å². The van der Waals surface area contributed by atoms with Gasteiger partial charge in [0, 0.05) is 17.5 Å². The molecule has 1 N–H and O–H groups in total. The fourth-order valence-electron chi connectivity index (χ4n) is 3.89. The van der Waals surface area contributed by atoms with E-state index in [1.54, 1.807) is 0 Å². The molecule has 0 heterocycles. The molecule has 0 saturated carbocycles. The molecule has 31 heteroatoms. The maximum Gasteiger partial charge on any atom is 2.00 e. The number of nitro benzene ring substituents is 1. The van der Waals surface area contributed by atoms with Gasteiger partial charge in [-0.05, 0) is 29.1 Å². The number of carbonyl (C=O) groups is 1. The molecular weight excluding hydrogens is 908 g/mol. The van der Waals surface area contributed by atoms with Crippen LogP contribution in [0.15, 0.2) is 77.6 Å². The van der Waals surface area contributed by atoms with Crippen LogP contribution in [0.4, 0.5) is 34.1 Å². The molecule has 0 aromatic heterocycles. The van der Waals surface area contributed by atoms with Crippen molar-refractivity contribution in [3.05, 3.63) is 63.9 Å². The summed E-state index contributed by atoms with van der Waals surface area (Å²) in [5, 5.41) is 72.7. The van der Waals surface area contributed by atoms with Gasteiger partial charge in [-0.3, -0.25) is 10.1 Å². The number of aromatic carboxylic acids is 1. The summed E-state index contributed by atoms with van der Waals surface area (Å²) in [5.74, 6) is -6.95. The first kappa shape index (κ1) is 57.5. The molecule has 0 aliphatic rings. The summed E-state index contributed by atoms with van der Waals surface area (Å²) in [5.41, 5.74) is 0.464. The molecule has 0 radical (unpaired) electrons. The van der Waals surface area contributed by atoms with Crippen LogP contribution in [0.1, 0.15) is 10.4 Å². The number of benzene rings is 4. The summed E-state index contributed by atoms with van der Waals surface area (Å²) in [6.07, 6.45) is 0. The van der Waals surface area contributed by atoms with Gasteiger partial charge in [0.2, 0.25) is 0 Å². The van der Waals surface area contributed by atoms with Gasteiger partial charge in [0.05, 0.1) is 48.3 Å². The summed E-state index contributed by atoms with van der Waals surface area (Å²) in [7, 11) is -16.8. The van der Waals surface area contributed by atoms with Gasteiger partial charge in [-0.25, -0.2) is 25.3 Å². The molecule has 22 nitrogen and oxygen atoms in total. The summed E-state index contributed by atoms with van der Waals surface area (Å²) in [4.78, 5) is 16.8. The van der Waals surface area contributed by atoms with Crippen LogP contribution in [-0.2, 0) is 65.1 Å². The number of azo groups is 2. The molecule has 0 amide bonds. The molecule has 260 valence electrons. The topological polar surface area (TPSA) is 397 Å². The molecule has 0 aliphatic heterocycles. The minimum absolute atomic E-state index is 0. The predicted molar refractivity (Wildman–Crippen MR) is 142 cm³/mol. The maximum atomic E-state index is 13.3. The molecule has 54 heavy (non-hydrogen) atoms. The van der Waals surface area contributed by atoms with E-state index < -0.39 is 124 Å². The Bertz CT molecular complexity index is 2510. The van der Waals surface area contributed by atoms with Crippen molar-refractivity contribution in [2.45, 2.75) is 14.7 Å². The third-order valence-corrected chi connectivity index (χ3v) is 8.53. The number of non-ortho nitro benzene ring substituents is 1. The average molecular weight is 916 g/mol. The van der Waals surface area contributed by atoms with Gasteiger partial charge in [-0.1, -0.05) is 29.4 Å². The number of carbonyl (C=O) groups excluding carboxylic acids is 1. The first-order chi connectivity index (χ1) is 22.0. The number of nitrogens with one attached hydrogen (secondary N) is 1. The summed E-state index contributed by atoms with van der Waals surface area (Å²) < 4.78 is 105. The van der Waals surface area contributed by atoms with E-state index in [4.69, 9.17) is 5.73 Å². The standard InChI is InChI=1S/C23H16N6O16S3.2Cr.4Na/c24-13-2-1-10-11(18(13)27-26-15-6-9(46(37,38)39)5-12(20(15)30)23(33)34)7-16(47(40,41)42)19(21(10)31)28-25-14-3-8(29(35)36)4-17(22(14)32)48(43,44)45;;;;;;/h1-7H,(H9,24,25,26,27,28,30,31,32,33,34,37,38,39,40,41,42,43,44,45);;;;;;/q;2*+2;4*+1/p-8. The van der Waals surface area contributed by atoms with Gasteiger partial charge in [0.15, 0.2) is 0 Å². The largest absolute Gasteiger partial charge is 2.00 e. The van der Waals surface area contributed by atoms with Gasteiger partial charge >= 0.3 is 153 Å². The first-order valence-corrected chi connectivity index (χ1v) is 16.0. The summed E-state index contributed by atoms with van der Waals surface area (Å²) in [6.45, 7) is 0. The Hall–Kier alpha value is -0.795. The summed E-state index contributed by atoms with van der Waals surface area (Å²) >= 11 is 0. The molecule has 0 spiro atoms. The van der Waals surface area contributed by atoms with Crippen molar-refractivity contribution >= 4 is 81.2 Å². The molecule has 4 aromatic rings. The number of hydrogen-bond donors (Lipinski definition) is 0. The smallest absolute Gasteiger partial charge is 0.871 e. The Morgan fingerprint density at radius 2 is 1.13 bits per heavy atom. The van der Waals surface area contributed by atoms with E-state index in [1.165, 1.54) is 0 Å². The molecule has 4 aromatic carbocycles. The van der Waals surface area contributed by atoms with Crippen molar-refractivity contribution in [3.8, 4) is 17.2 Å². The summed E-state index contributed by atoms with van der Waals surface area (Å²) in [6, 6.07) is 3.07. The number of carboxylic acid groups (broad SMARTS) is 1. The number of fused-ring (bicyclic) bond motifs is 1. The van der Waals surface area contributed by atoms with Crippen LogP contribution in [0.3, 0.4) is 0 Å². The van der Waals surface area contributed by atoms with Crippen LogP contribution < -0.4 is 139 Å². The van der Waals surface area contributed by atoms with Crippen LogP contribution in [0.25, 0.3) is 16.5 Å². The maximum absolute atomic E-state index is 13.3. The number of hydrogen-bond acceptors (Lipinski definition) is 20. The number of carboxylic acids is 1. The second-order valence-corrected chi connectivity index (χ2v) is 13.1. The van der Waals surface area contributed by atoms with Gasteiger partial charge in [-0.15, -0.1) is 10.8 Å². The van der Waals surface area contributed by atoms with Crippen molar-refractivity contribution in [1.29, 1.82) is 0 Å². The predicted octanol–water partition coefficient (Wildman–Crippen LogP) is -11.4. The van der Waals surface area contributed by atoms with E-state index in [-0.39, 0.29) is 165 Å². The van der Waals surface area contributed by atoms with Gasteiger partial charge in [-0.2, -0.15) is 15.3 Å². The van der Waals surface area contributed by atoms with Crippen LogP contribution in [-0.4, -0.2) is 49.8 Å². The van der Waals surface area contributed by atoms with E-state index in [9.17, 15) is 74.2 Å². The van der Waals surface area contributed by atoms with E-state index >= 15 is 0 Å². The third-order valence-electron chi connectivity index (χ3n) is 6.02. The molecule has 0 fully saturated rings. The van der Waals surface area contributed by atoms with Gasteiger partial charge in [0.25, 0.3) is 5.69 Å². The van der Waals surface area contributed by atoms with Crippen molar-refractivity contribution in [3.63, 3.8) is 0 Å². The van der Waals surface area contributed by atoms with E-state index in [0.29, 0.717) is 18.2 Å².